The van der Waals surface area contributed by atoms with Gasteiger partial charge in [-0.25, -0.2) is 9.78 Å². The van der Waals surface area contributed by atoms with Gasteiger partial charge in [-0.15, -0.1) is 0 Å². The summed E-state index contributed by atoms with van der Waals surface area (Å²) in [5.74, 6) is -0.683. The van der Waals surface area contributed by atoms with Gasteiger partial charge in [-0.3, -0.25) is 18.7 Å². The monoisotopic (exact) mass is 423 g/mol. The minimum absolute atomic E-state index is 0.220. The van der Waals surface area contributed by atoms with Gasteiger partial charge in [0, 0.05) is 7.05 Å². The first-order valence-electron chi connectivity index (χ1n) is 9.48. The van der Waals surface area contributed by atoms with E-state index in [4.69, 9.17) is 0 Å². The van der Waals surface area contributed by atoms with Crippen molar-refractivity contribution < 1.29 is 18.0 Å². The Morgan fingerprint density at radius 3 is 2.43 bits per heavy atom. The lowest BCUT2D eigenvalue weighted by Gasteiger charge is -2.26. The highest BCUT2D eigenvalue weighted by molar-refractivity contribution is 5.78. The highest BCUT2D eigenvalue weighted by Crippen LogP contribution is 2.28. The van der Waals surface area contributed by atoms with Crippen LogP contribution in [0.5, 0.6) is 0 Å². The molecule has 1 amide bonds. The Labute approximate surface area is 168 Å². The number of hydrogen-bond donors (Lipinski definition) is 1. The lowest BCUT2D eigenvalue weighted by Crippen LogP contribution is -2.50. The molecule has 11 heteroatoms. The normalized spacial score (nSPS) is 16.6. The van der Waals surface area contributed by atoms with Crippen molar-refractivity contribution in [3.05, 3.63) is 38.7 Å². The molecule has 3 rings (SSSR count). The number of rotatable bonds is 3. The molecule has 0 unspecified atom stereocenters. The zero-order valence-electron chi connectivity index (χ0n) is 16.3. The summed E-state index contributed by atoms with van der Waals surface area (Å²) >= 11 is 0. The smallest absolute Gasteiger partial charge is 0.336 e. The Hall–Kier alpha value is -3.16. The van der Waals surface area contributed by atoms with Gasteiger partial charge in [0.15, 0.2) is 0 Å². The number of aromatic nitrogens is 3. The summed E-state index contributed by atoms with van der Waals surface area (Å²) in [5.41, 5.74) is -4.60. The van der Waals surface area contributed by atoms with Crippen LogP contribution in [0, 0.1) is 11.3 Å². The van der Waals surface area contributed by atoms with Crippen molar-refractivity contribution in [2.45, 2.75) is 56.8 Å². The fraction of sp³-hybridized carbons (Fsp3) is 0.526. The van der Waals surface area contributed by atoms with Crippen LogP contribution in [0.15, 0.2) is 21.7 Å². The highest BCUT2D eigenvalue weighted by Gasteiger charge is 2.34. The first-order valence-corrected chi connectivity index (χ1v) is 9.48. The Morgan fingerprint density at radius 1 is 1.23 bits per heavy atom. The van der Waals surface area contributed by atoms with Crippen molar-refractivity contribution in [3.63, 3.8) is 0 Å². The second-order valence-corrected chi connectivity index (χ2v) is 7.45. The fourth-order valence-corrected chi connectivity index (χ4v) is 3.72. The highest BCUT2D eigenvalue weighted by atomic mass is 19.4. The van der Waals surface area contributed by atoms with Gasteiger partial charge in [-0.1, -0.05) is 25.7 Å². The molecule has 0 saturated heterocycles. The lowest BCUT2D eigenvalue weighted by atomic mass is 9.92. The number of hydrogen-bond acceptors (Lipinski definition) is 5. The Morgan fingerprint density at radius 2 is 1.87 bits per heavy atom. The average Bonchev–Trinajstić information content (AvgIpc) is 2.94. The number of nitriles is 1. The molecular weight excluding hydrogens is 403 g/mol. The van der Waals surface area contributed by atoms with Gasteiger partial charge in [-0.05, 0) is 25.0 Å². The summed E-state index contributed by atoms with van der Waals surface area (Å²) in [6, 6.07) is 3.73. The number of alkyl halides is 3. The average molecular weight is 423 g/mol. The molecule has 2 aromatic heterocycles. The Balaban J connectivity index is 1.97. The van der Waals surface area contributed by atoms with Gasteiger partial charge in [0.2, 0.25) is 5.91 Å². The van der Waals surface area contributed by atoms with Gasteiger partial charge in [0.1, 0.15) is 23.4 Å². The van der Waals surface area contributed by atoms with E-state index in [-0.39, 0.29) is 5.39 Å². The van der Waals surface area contributed by atoms with E-state index < -0.39 is 46.8 Å². The van der Waals surface area contributed by atoms with Gasteiger partial charge in [0.05, 0.1) is 11.5 Å². The molecule has 0 spiro atoms. The molecule has 2 heterocycles. The summed E-state index contributed by atoms with van der Waals surface area (Å²) in [7, 11) is 1.17. The number of fused-ring (bicyclic) bond motifs is 1. The Kier molecular flexibility index (Phi) is 5.70. The van der Waals surface area contributed by atoms with Gasteiger partial charge in [-0.2, -0.15) is 18.4 Å². The number of nitrogens with zero attached hydrogens (tertiary/aromatic N) is 4. The summed E-state index contributed by atoms with van der Waals surface area (Å²) in [5, 5.41) is 12.0. The summed E-state index contributed by atoms with van der Waals surface area (Å²) in [4.78, 5) is 41.2. The van der Waals surface area contributed by atoms with E-state index in [0.717, 1.165) is 36.3 Å². The molecule has 1 saturated carbocycles. The molecule has 0 bridgehead atoms. The first kappa shape index (κ1) is 21.5. The van der Waals surface area contributed by atoms with Gasteiger partial charge in [0.25, 0.3) is 5.56 Å². The van der Waals surface area contributed by atoms with Crippen molar-refractivity contribution >= 4 is 16.9 Å². The van der Waals surface area contributed by atoms with Crippen molar-refractivity contribution in [3.8, 4) is 6.07 Å². The molecule has 8 nitrogen and oxygen atoms in total. The fourth-order valence-electron chi connectivity index (χ4n) is 3.72. The van der Waals surface area contributed by atoms with Crippen LogP contribution in [-0.2, 0) is 24.6 Å². The maximum Gasteiger partial charge on any atom is 0.433 e. The maximum absolute atomic E-state index is 12.9. The number of carbonyl (C=O) groups is 1. The van der Waals surface area contributed by atoms with Crippen molar-refractivity contribution in [2.75, 3.05) is 0 Å². The molecule has 160 valence electrons. The molecule has 1 N–H and O–H groups in total. The standard InChI is InChI=1S/C19H20F3N5O3/c1-26-15-12(6-7-13(24-15)19(20,21)22)16(29)27(17(26)30)10-14(28)25-18(11-23)8-4-2-3-5-9-18/h6-7H,2-5,8-10H2,1H3,(H,25,28). The number of aryl methyl sites for hydroxylation is 1. The van der Waals surface area contributed by atoms with Crippen LogP contribution in [0.2, 0.25) is 0 Å². The maximum atomic E-state index is 12.9. The summed E-state index contributed by atoms with van der Waals surface area (Å²) in [6.45, 7) is -0.647. The van der Waals surface area contributed by atoms with Crippen LogP contribution in [-0.4, -0.2) is 25.6 Å². The molecule has 0 aliphatic heterocycles. The molecule has 0 atom stereocenters. The van der Waals surface area contributed by atoms with E-state index in [1.165, 1.54) is 7.05 Å². The molecule has 2 aromatic rings. The molecule has 1 aliphatic carbocycles. The number of pyridine rings is 1. The van der Waals surface area contributed by atoms with Gasteiger partial charge < -0.3 is 5.32 Å². The van der Waals surface area contributed by atoms with Crippen LogP contribution >= 0.6 is 0 Å². The lowest BCUT2D eigenvalue weighted by molar-refractivity contribution is -0.141. The molecular formula is C19H20F3N5O3. The van der Waals surface area contributed by atoms with Crippen molar-refractivity contribution in [2.24, 2.45) is 7.05 Å². The third kappa shape index (κ3) is 4.08. The topological polar surface area (TPSA) is 110 Å². The molecule has 30 heavy (non-hydrogen) atoms. The third-order valence-corrected chi connectivity index (χ3v) is 5.33. The zero-order valence-corrected chi connectivity index (χ0v) is 16.3. The molecule has 0 radical (unpaired) electrons. The molecule has 1 aliphatic rings. The Bertz CT molecular complexity index is 1140. The van der Waals surface area contributed by atoms with E-state index in [2.05, 4.69) is 16.4 Å². The van der Waals surface area contributed by atoms with E-state index in [9.17, 15) is 32.8 Å². The number of carbonyl (C=O) groups excluding carboxylic acids is 1. The molecule has 1 fully saturated rings. The van der Waals surface area contributed by atoms with E-state index in [1.807, 2.05) is 0 Å². The largest absolute Gasteiger partial charge is 0.433 e. The minimum Gasteiger partial charge on any atom is -0.336 e. The number of nitrogens with one attached hydrogen (secondary N) is 1. The van der Waals surface area contributed by atoms with Crippen LogP contribution in [0.25, 0.3) is 11.0 Å². The van der Waals surface area contributed by atoms with Crippen LogP contribution in [0.4, 0.5) is 13.2 Å². The zero-order chi connectivity index (χ0) is 22.1. The second kappa shape index (κ2) is 7.93. The number of halogens is 3. The summed E-state index contributed by atoms with van der Waals surface area (Å²) in [6.07, 6.45) is -0.317. The van der Waals surface area contributed by atoms with E-state index in [0.29, 0.717) is 23.5 Å². The quantitative estimate of drug-likeness (QED) is 0.758. The van der Waals surface area contributed by atoms with Crippen molar-refractivity contribution in [1.29, 1.82) is 5.26 Å². The predicted octanol–water partition coefficient (Wildman–Crippen LogP) is 1.85. The van der Waals surface area contributed by atoms with Crippen LogP contribution < -0.4 is 16.6 Å². The van der Waals surface area contributed by atoms with Crippen molar-refractivity contribution in [1.82, 2.24) is 19.4 Å². The van der Waals surface area contributed by atoms with E-state index in [1.54, 1.807) is 0 Å². The van der Waals surface area contributed by atoms with Gasteiger partial charge >= 0.3 is 11.9 Å². The summed E-state index contributed by atoms with van der Waals surface area (Å²) < 4.78 is 40.2. The molecule has 0 aromatic carbocycles. The van der Waals surface area contributed by atoms with Crippen LogP contribution in [0.1, 0.15) is 44.2 Å². The predicted molar refractivity (Wildman–Crippen MR) is 100 cm³/mol. The third-order valence-electron chi connectivity index (χ3n) is 5.33. The first-order chi connectivity index (χ1) is 14.1. The second-order valence-electron chi connectivity index (χ2n) is 7.45. The SMILES string of the molecule is Cn1c(=O)n(CC(=O)NC2(C#N)CCCCCC2)c(=O)c2ccc(C(F)(F)F)nc21. The van der Waals surface area contributed by atoms with Crippen LogP contribution in [0.3, 0.4) is 0 Å². The van der Waals surface area contributed by atoms with E-state index >= 15 is 0 Å². The number of amides is 1. The minimum atomic E-state index is -4.73.